The summed E-state index contributed by atoms with van der Waals surface area (Å²) in [7, 11) is 0. The van der Waals surface area contributed by atoms with E-state index < -0.39 is 0 Å². The number of carbonyl (C=O) groups excluding carboxylic acids is 1. The number of aryl methyl sites for hydroxylation is 3. The van der Waals surface area contributed by atoms with Crippen molar-refractivity contribution in [2.75, 3.05) is 13.2 Å². The van der Waals surface area contributed by atoms with Crippen molar-refractivity contribution in [3.8, 4) is 5.75 Å². The van der Waals surface area contributed by atoms with Crippen molar-refractivity contribution in [2.45, 2.75) is 31.4 Å². The fourth-order valence-electron chi connectivity index (χ4n) is 2.78. The summed E-state index contributed by atoms with van der Waals surface area (Å²) in [5.74, 6) is 1.65. The quantitative estimate of drug-likeness (QED) is 0.410. The zero-order valence-corrected chi connectivity index (χ0v) is 18.0. The van der Waals surface area contributed by atoms with E-state index >= 15 is 0 Å². The van der Waals surface area contributed by atoms with Gasteiger partial charge < -0.3 is 10.1 Å². The molecule has 0 saturated heterocycles. The van der Waals surface area contributed by atoms with Gasteiger partial charge in [-0.25, -0.2) is 4.98 Å². The Balaban J connectivity index is 1.44. The van der Waals surface area contributed by atoms with Crippen molar-refractivity contribution in [3.63, 3.8) is 0 Å². The van der Waals surface area contributed by atoms with Gasteiger partial charge in [-0.3, -0.25) is 4.79 Å². The van der Waals surface area contributed by atoms with Crippen LogP contribution in [0.2, 0.25) is 0 Å². The van der Waals surface area contributed by atoms with E-state index in [1.54, 1.807) is 23.1 Å². The highest BCUT2D eigenvalue weighted by Gasteiger charge is 2.07. The van der Waals surface area contributed by atoms with Gasteiger partial charge in [0.25, 0.3) is 5.91 Å². The highest BCUT2D eigenvalue weighted by Crippen LogP contribution is 2.24. The van der Waals surface area contributed by atoms with Crippen molar-refractivity contribution >= 4 is 29.0 Å². The molecule has 1 heterocycles. The molecule has 0 aliphatic rings. The molecule has 28 heavy (non-hydrogen) atoms. The largest absolute Gasteiger partial charge is 0.491 e. The van der Waals surface area contributed by atoms with Gasteiger partial charge in [0.2, 0.25) is 0 Å². The fourth-order valence-corrected chi connectivity index (χ4v) is 4.29. The molecule has 146 valence electrons. The van der Waals surface area contributed by atoms with Crippen LogP contribution in [-0.4, -0.2) is 24.0 Å². The van der Waals surface area contributed by atoms with Crippen LogP contribution in [0.25, 0.3) is 0 Å². The highest BCUT2D eigenvalue weighted by molar-refractivity contribution is 7.98. The molecule has 1 aromatic heterocycles. The second-order valence-corrected chi connectivity index (χ2v) is 8.61. The molecule has 0 aliphatic heterocycles. The lowest BCUT2D eigenvalue weighted by Crippen LogP contribution is -2.28. The van der Waals surface area contributed by atoms with Crippen LogP contribution in [0.4, 0.5) is 0 Å². The highest BCUT2D eigenvalue weighted by atomic mass is 32.2. The topological polar surface area (TPSA) is 51.2 Å². The number of benzene rings is 2. The number of rotatable bonds is 8. The standard InChI is InChI=1S/C22H24N2O2S2/c1-15-5-4-6-16(2)21(15)26-12-11-23-22(25)18-7-9-20(10-8-18)28-14-19-13-27-17(3)24-19/h4-10,13H,11-12,14H2,1-3H3,(H,23,25). The minimum absolute atomic E-state index is 0.0863. The molecule has 0 radical (unpaired) electrons. The summed E-state index contributed by atoms with van der Waals surface area (Å²) in [6.45, 7) is 6.97. The van der Waals surface area contributed by atoms with Crippen molar-refractivity contribution in [3.05, 3.63) is 75.2 Å². The van der Waals surface area contributed by atoms with E-state index in [0.717, 1.165) is 38.2 Å². The van der Waals surface area contributed by atoms with Crippen LogP contribution in [0, 0.1) is 20.8 Å². The number of aromatic nitrogens is 1. The number of nitrogens with one attached hydrogen (secondary N) is 1. The van der Waals surface area contributed by atoms with Crippen molar-refractivity contribution in [1.29, 1.82) is 0 Å². The van der Waals surface area contributed by atoms with E-state index in [1.165, 1.54) is 0 Å². The maximum Gasteiger partial charge on any atom is 0.251 e. The van der Waals surface area contributed by atoms with Gasteiger partial charge in [-0.05, 0) is 56.2 Å². The number of thioether (sulfide) groups is 1. The fraction of sp³-hybridized carbons (Fsp3) is 0.273. The third kappa shape index (κ3) is 5.59. The molecule has 3 rings (SSSR count). The number of amides is 1. The number of carbonyl (C=O) groups is 1. The van der Waals surface area contributed by atoms with Crippen molar-refractivity contribution in [1.82, 2.24) is 10.3 Å². The number of para-hydroxylation sites is 1. The van der Waals surface area contributed by atoms with Crippen LogP contribution < -0.4 is 10.1 Å². The van der Waals surface area contributed by atoms with Crippen molar-refractivity contribution < 1.29 is 9.53 Å². The van der Waals surface area contributed by atoms with Gasteiger partial charge in [0.15, 0.2) is 0 Å². The SMILES string of the molecule is Cc1nc(CSc2ccc(C(=O)NCCOc3c(C)cccc3C)cc2)cs1. The molecule has 4 nitrogen and oxygen atoms in total. The molecule has 6 heteroatoms. The third-order valence-corrected chi connectivity index (χ3v) is 6.08. The van der Waals surface area contributed by atoms with E-state index in [-0.39, 0.29) is 5.91 Å². The molecule has 0 saturated carbocycles. The van der Waals surface area contributed by atoms with E-state index in [0.29, 0.717) is 18.7 Å². The lowest BCUT2D eigenvalue weighted by atomic mass is 10.1. The number of ether oxygens (including phenoxy) is 1. The molecule has 0 fully saturated rings. The first kappa shape index (κ1) is 20.4. The van der Waals surface area contributed by atoms with E-state index in [1.807, 2.05) is 63.2 Å². The molecule has 0 bridgehead atoms. The predicted molar refractivity (Wildman–Crippen MR) is 117 cm³/mol. The summed E-state index contributed by atoms with van der Waals surface area (Å²) in [5, 5.41) is 6.08. The zero-order chi connectivity index (χ0) is 19.9. The normalized spacial score (nSPS) is 10.7. The Labute approximate surface area is 174 Å². The Kier molecular flexibility index (Phi) is 7.12. The summed E-state index contributed by atoms with van der Waals surface area (Å²) in [5.41, 5.74) is 3.96. The van der Waals surface area contributed by atoms with Gasteiger partial charge in [-0.15, -0.1) is 23.1 Å². The van der Waals surface area contributed by atoms with Gasteiger partial charge in [0.05, 0.1) is 17.2 Å². The lowest BCUT2D eigenvalue weighted by molar-refractivity contribution is 0.0947. The van der Waals surface area contributed by atoms with Gasteiger partial charge in [0, 0.05) is 21.6 Å². The monoisotopic (exact) mass is 412 g/mol. The third-order valence-electron chi connectivity index (χ3n) is 4.21. The lowest BCUT2D eigenvalue weighted by Gasteiger charge is -2.12. The molecule has 3 aromatic rings. The molecule has 0 aliphatic carbocycles. The predicted octanol–water partition coefficient (Wildman–Crippen LogP) is 5.17. The minimum atomic E-state index is -0.0863. The molecule has 1 amide bonds. The first-order valence-electron chi connectivity index (χ1n) is 9.14. The number of hydrogen-bond acceptors (Lipinski definition) is 5. The summed E-state index contributed by atoms with van der Waals surface area (Å²) >= 11 is 3.39. The maximum atomic E-state index is 12.3. The Morgan fingerprint density at radius 1 is 1.11 bits per heavy atom. The summed E-state index contributed by atoms with van der Waals surface area (Å²) in [6.07, 6.45) is 0. The van der Waals surface area contributed by atoms with E-state index in [9.17, 15) is 4.79 Å². The van der Waals surface area contributed by atoms with E-state index in [2.05, 4.69) is 15.7 Å². The van der Waals surface area contributed by atoms with Gasteiger partial charge in [0.1, 0.15) is 12.4 Å². The molecule has 1 N–H and O–H groups in total. The van der Waals surface area contributed by atoms with Crippen LogP contribution in [0.15, 0.2) is 52.7 Å². The minimum Gasteiger partial charge on any atom is -0.491 e. The summed E-state index contributed by atoms with van der Waals surface area (Å²) in [4.78, 5) is 17.9. The van der Waals surface area contributed by atoms with Gasteiger partial charge in [-0.1, -0.05) is 18.2 Å². The van der Waals surface area contributed by atoms with Crippen LogP contribution in [0.3, 0.4) is 0 Å². The van der Waals surface area contributed by atoms with Gasteiger partial charge >= 0.3 is 0 Å². The van der Waals surface area contributed by atoms with Crippen LogP contribution >= 0.6 is 23.1 Å². The van der Waals surface area contributed by atoms with E-state index in [4.69, 9.17) is 4.74 Å². The Morgan fingerprint density at radius 2 is 1.82 bits per heavy atom. The Hall–Kier alpha value is -2.31. The molecule has 0 unspecified atom stereocenters. The molecule has 2 aromatic carbocycles. The smallest absolute Gasteiger partial charge is 0.251 e. The first-order valence-corrected chi connectivity index (χ1v) is 11.0. The molecular formula is C22H24N2O2S2. The Bertz CT molecular complexity index is 916. The second-order valence-electron chi connectivity index (χ2n) is 6.50. The average molecular weight is 413 g/mol. The zero-order valence-electron chi connectivity index (χ0n) is 16.3. The average Bonchev–Trinajstić information content (AvgIpc) is 3.11. The summed E-state index contributed by atoms with van der Waals surface area (Å²) in [6, 6.07) is 13.7. The van der Waals surface area contributed by atoms with Crippen LogP contribution in [0.5, 0.6) is 5.75 Å². The van der Waals surface area contributed by atoms with Crippen LogP contribution in [-0.2, 0) is 5.75 Å². The van der Waals surface area contributed by atoms with Crippen LogP contribution in [0.1, 0.15) is 32.2 Å². The number of hydrogen-bond donors (Lipinski definition) is 1. The second kappa shape index (κ2) is 9.75. The first-order chi connectivity index (χ1) is 13.5. The maximum absolute atomic E-state index is 12.3. The molecule has 0 atom stereocenters. The van der Waals surface area contributed by atoms with Crippen molar-refractivity contribution in [2.24, 2.45) is 0 Å². The molecule has 0 spiro atoms. The van der Waals surface area contributed by atoms with Gasteiger partial charge in [-0.2, -0.15) is 0 Å². The molecular weight excluding hydrogens is 388 g/mol. The number of nitrogens with zero attached hydrogens (tertiary/aromatic N) is 1. The number of thiazole rings is 1. The Morgan fingerprint density at radius 3 is 2.46 bits per heavy atom. The summed E-state index contributed by atoms with van der Waals surface area (Å²) < 4.78 is 5.83.